The molecule has 4 aliphatic rings. The number of methoxy groups -OCH3 is 10. The molecule has 8 aromatic rings. The van der Waals surface area contributed by atoms with Crippen molar-refractivity contribution in [3.8, 4) is 57.5 Å². The molecule has 4 fully saturated rings. The van der Waals surface area contributed by atoms with Gasteiger partial charge in [-0.1, -0.05) is 49.4 Å². The summed E-state index contributed by atoms with van der Waals surface area (Å²) in [5, 5.41) is 39.4. The molecule has 8 aromatic carbocycles. The summed E-state index contributed by atoms with van der Waals surface area (Å²) in [5.41, 5.74) is 7.76. The Hall–Kier alpha value is -11.6. The molecule has 12 rings (SSSR count). The van der Waals surface area contributed by atoms with Crippen LogP contribution in [0.2, 0.25) is 0 Å². The molecule has 0 bridgehead atoms. The number of sulfonamides is 4. The predicted molar refractivity (Wildman–Crippen MR) is 456 cm³/mol. The maximum absolute atomic E-state index is 13.4. The fourth-order valence-corrected chi connectivity index (χ4v) is 20.3. The molecule has 0 spiro atoms. The monoisotopic (exact) mass is 1860 g/mol. The van der Waals surface area contributed by atoms with Crippen molar-refractivity contribution in [1.29, 1.82) is 0 Å². The van der Waals surface area contributed by atoms with Crippen LogP contribution in [-0.2, 0) is 59.2 Å². The highest BCUT2D eigenvalue weighted by Crippen LogP contribution is 2.42. The minimum absolute atomic E-state index is 0.0257. The first-order valence-electron chi connectivity index (χ1n) is 38.9. The van der Waals surface area contributed by atoms with Gasteiger partial charge in [0.15, 0.2) is 46.0 Å². The highest BCUT2D eigenvalue weighted by atomic mass is 32.2. The molecule has 4 amide bonds. The first-order chi connectivity index (χ1) is 60.7. The van der Waals surface area contributed by atoms with E-state index >= 15 is 0 Å². The van der Waals surface area contributed by atoms with Gasteiger partial charge in [-0.2, -0.15) is 30.4 Å². The molecular formula is C82H103F3N12O26S4. The number of alkyl halides is 3. The van der Waals surface area contributed by atoms with Crippen LogP contribution in [0.1, 0.15) is 65.0 Å². The third-order valence-corrected chi connectivity index (χ3v) is 28.3. The van der Waals surface area contributed by atoms with Gasteiger partial charge in [-0.05, 0) is 127 Å². The SMILES string of the molecule is CCc1ccc(OC)cc1.COc1ccc(N2CCN(S(=O)(=O)c3ccc(OC)c(OC)c3C(=O)NO)CC2)cc1.COc1ccc(S(=O)(=O)N2CCN(Cc3ccccc3)CC2)c(C(=O)NO)c1OC.COc1ccc(S(=O)(=O)N2CCN(c3ccc(C(F)(F)F)cc3)CC2)c(C(=O)NO)c1OC.COc1ccc(S(=O)(=O)N2CCNCC2)c(C(=O)NO)c1OC. The summed E-state index contributed by atoms with van der Waals surface area (Å²) in [6.45, 7) is 8.07. The second kappa shape index (κ2) is 46.2. The van der Waals surface area contributed by atoms with E-state index in [1.54, 1.807) is 19.1 Å². The number of nitrogens with zero attached hydrogens (tertiary/aromatic N) is 7. The van der Waals surface area contributed by atoms with Crippen molar-refractivity contribution in [2.24, 2.45) is 0 Å². The van der Waals surface area contributed by atoms with Crippen molar-refractivity contribution in [2.75, 3.05) is 186 Å². The van der Waals surface area contributed by atoms with E-state index in [4.69, 9.17) is 68.2 Å². The standard InChI is InChI=1S/C20H22F3N3O6S.C20H25N3O7S.C20H25N3O6S.C13H19N3O6S.C9H12O/c1-31-15-7-8-16(17(18(15)32-2)19(27)24-28)33(29,30)26-11-9-25(10-12-26)14-5-3-13(4-6-14)20(21,22)23;1-28-15-6-4-14(5-7-15)22-10-12-23(13-11-22)31(26,27)17-9-8-16(29-2)19(30-3)18(17)20(24)21-25;1-28-16-8-9-17(18(19(16)29-2)20(24)21-25)30(26,27)23-12-10-22(11-13-23)14-15-6-4-3-5-7-15;1-21-9-3-4-10(11(12(9)22-2)13(17)15-18)23(19,20)16-7-5-14-6-8-16;1-3-8-4-6-9(10-2)7-5-8/h3-8,28H,9-12H2,1-2H3,(H,24,27);4-9,25H,10-13H2,1-3H3,(H,21,24);3-9,25H,10-14H2,1-2H3,(H,21,24);3-4,14,18H,5-8H2,1-2H3,(H,15,17);4-7H,3H2,1-2H3. The first kappa shape index (κ1) is 101. The molecule has 0 unspecified atom stereocenters. The lowest BCUT2D eigenvalue weighted by atomic mass is 10.1. The van der Waals surface area contributed by atoms with Crippen LogP contribution in [0, 0.1) is 0 Å². The van der Waals surface area contributed by atoms with Gasteiger partial charge in [0, 0.05) is 123 Å². The molecule has 0 aliphatic carbocycles. The number of rotatable bonds is 27. The maximum Gasteiger partial charge on any atom is 0.416 e. The Labute approximate surface area is 734 Å². The normalized spacial score (nSPS) is 14.9. The Morgan fingerprint density at radius 2 is 0.630 bits per heavy atom. The molecule has 0 aromatic heterocycles. The minimum atomic E-state index is -4.44. The zero-order chi connectivity index (χ0) is 93.1. The third-order valence-electron chi connectivity index (χ3n) is 20.5. The second-order valence-corrected chi connectivity index (χ2v) is 35.1. The zero-order valence-corrected chi connectivity index (χ0v) is 74.6. The number of ether oxygens (including phenoxy) is 10. The molecule has 0 radical (unpaired) electrons. The van der Waals surface area contributed by atoms with Crippen LogP contribution in [0.25, 0.3) is 0 Å². The lowest BCUT2D eigenvalue weighted by Crippen LogP contribution is -2.49. The van der Waals surface area contributed by atoms with E-state index in [0.717, 1.165) is 52.2 Å². The topological polar surface area (TPSA) is 461 Å². The van der Waals surface area contributed by atoms with Crippen LogP contribution in [0.5, 0.6) is 57.5 Å². The number of benzene rings is 8. The van der Waals surface area contributed by atoms with Crippen molar-refractivity contribution in [1.82, 2.24) is 49.4 Å². The van der Waals surface area contributed by atoms with Gasteiger partial charge in [-0.15, -0.1) is 0 Å². The highest BCUT2D eigenvalue weighted by Gasteiger charge is 2.40. The number of anilines is 2. The maximum atomic E-state index is 13.4. The fourth-order valence-electron chi connectivity index (χ4n) is 13.9. The van der Waals surface area contributed by atoms with E-state index in [-0.39, 0.29) is 148 Å². The summed E-state index contributed by atoms with van der Waals surface area (Å²) < 4.78 is 200. The smallest absolute Gasteiger partial charge is 0.416 e. The van der Waals surface area contributed by atoms with E-state index in [9.17, 15) is 66.0 Å². The van der Waals surface area contributed by atoms with Crippen molar-refractivity contribution in [2.45, 2.75) is 45.6 Å². The summed E-state index contributed by atoms with van der Waals surface area (Å²) in [4.78, 5) is 53.8. The van der Waals surface area contributed by atoms with E-state index in [1.807, 2.05) is 66.7 Å². The number of nitrogens with one attached hydrogen (secondary N) is 5. The van der Waals surface area contributed by atoms with Gasteiger partial charge in [0.1, 0.15) is 33.8 Å². The zero-order valence-electron chi connectivity index (χ0n) is 71.3. The fraction of sp³-hybridized carbons (Fsp3) is 0.366. The number of carbonyl (C=O) groups is 4. The molecule has 127 heavy (non-hydrogen) atoms. The van der Waals surface area contributed by atoms with Gasteiger partial charge >= 0.3 is 6.18 Å². The molecular weight excluding hydrogens is 1750 g/mol. The van der Waals surface area contributed by atoms with E-state index < -0.39 is 81.0 Å². The second-order valence-electron chi connectivity index (χ2n) is 27.5. The van der Waals surface area contributed by atoms with Gasteiger partial charge in [0.25, 0.3) is 23.6 Å². The van der Waals surface area contributed by atoms with Gasteiger partial charge in [0.2, 0.25) is 40.1 Å². The van der Waals surface area contributed by atoms with Crippen molar-refractivity contribution in [3.63, 3.8) is 0 Å². The predicted octanol–water partition coefficient (Wildman–Crippen LogP) is 6.70. The average Bonchev–Trinajstić information content (AvgIpc) is 0.777. The number of aryl methyl sites for hydroxylation is 1. The third kappa shape index (κ3) is 24.2. The summed E-state index contributed by atoms with van der Waals surface area (Å²) in [7, 11) is -2.36. The van der Waals surface area contributed by atoms with Crippen LogP contribution in [0.4, 0.5) is 24.5 Å². The molecule has 45 heteroatoms. The number of halogens is 3. The van der Waals surface area contributed by atoms with Crippen LogP contribution >= 0.6 is 0 Å². The number of piperazine rings is 4. The average molecular weight is 1860 g/mol. The molecule has 4 heterocycles. The molecule has 0 saturated carbocycles. The largest absolute Gasteiger partial charge is 0.497 e. The van der Waals surface area contributed by atoms with Crippen LogP contribution in [-0.4, -0.2) is 276 Å². The molecule has 4 aliphatic heterocycles. The number of hydrogen-bond acceptors (Lipinski definition) is 30. The van der Waals surface area contributed by atoms with Crippen LogP contribution < -0.4 is 84.4 Å². The Balaban J connectivity index is 0.000000203. The highest BCUT2D eigenvalue weighted by molar-refractivity contribution is 7.90. The quantitative estimate of drug-likeness (QED) is 0.0191. The number of hydrogen-bond donors (Lipinski definition) is 9. The number of amides is 4. The van der Waals surface area contributed by atoms with Crippen molar-refractivity contribution < 1.29 is 134 Å². The van der Waals surface area contributed by atoms with E-state index in [2.05, 4.69) is 34.2 Å². The summed E-state index contributed by atoms with van der Waals surface area (Å²) in [6.07, 6.45) is -3.35. The van der Waals surface area contributed by atoms with Gasteiger partial charge in [0.05, 0.1) is 96.2 Å². The Morgan fingerprint density at radius 3 is 0.898 bits per heavy atom. The molecule has 0 atom stereocenters. The van der Waals surface area contributed by atoms with E-state index in [0.29, 0.717) is 45.0 Å². The number of hydroxylamine groups is 4. The minimum Gasteiger partial charge on any atom is -0.497 e. The van der Waals surface area contributed by atoms with Crippen LogP contribution in [0.3, 0.4) is 0 Å². The van der Waals surface area contributed by atoms with Gasteiger partial charge < -0.3 is 62.5 Å². The molecule has 9 N–H and O–H groups in total. The molecule has 38 nitrogen and oxygen atoms in total. The summed E-state index contributed by atoms with van der Waals surface area (Å²) >= 11 is 0. The van der Waals surface area contributed by atoms with Crippen LogP contribution in [0.15, 0.2) is 171 Å². The number of carbonyl (C=O) groups excluding carboxylic acids is 4. The molecule has 692 valence electrons. The molecule has 4 saturated heterocycles. The van der Waals surface area contributed by atoms with Gasteiger partial charge in [-0.3, -0.25) is 44.9 Å². The Bertz CT molecular complexity index is 5500. The summed E-state index contributed by atoms with van der Waals surface area (Å²) in [6, 6.07) is 40.8. The first-order valence-corrected chi connectivity index (χ1v) is 44.6. The van der Waals surface area contributed by atoms with Crippen molar-refractivity contribution >= 4 is 75.1 Å². The Kier molecular flexibility index (Phi) is 36.7. The van der Waals surface area contributed by atoms with E-state index in [1.165, 1.54) is 158 Å². The Morgan fingerprint density at radius 1 is 0.346 bits per heavy atom. The van der Waals surface area contributed by atoms with Crippen molar-refractivity contribution in [3.05, 3.63) is 191 Å². The van der Waals surface area contributed by atoms with Gasteiger partial charge in [-0.25, -0.2) is 55.6 Å². The lowest BCUT2D eigenvalue weighted by molar-refractivity contribution is -0.137. The summed E-state index contributed by atoms with van der Waals surface area (Å²) in [5.74, 6) is -2.13. The lowest BCUT2D eigenvalue weighted by Gasteiger charge is -2.35.